The van der Waals surface area contributed by atoms with Gasteiger partial charge in [0.1, 0.15) is 11.6 Å². The number of rotatable bonds is 6. The van der Waals surface area contributed by atoms with Crippen molar-refractivity contribution in [1.29, 1.82) is 0 Å². The van der Waals surface area contributed by atoms with Crippen LogP contribution in [0.15, 0.2) is 0 Å². The van der Waals surface area contributed by atoms with Crippen LogP contribution in [0.2, 0.25) is 0 Å². The maximum Gasteiger partial charge on any atom is 0.150 e. The van der Waals surface area contributed by atoms with Crippen LogP contribution in [0.3, 0.4) is 0 Å². The molecule has 4 heteroatoms. The SMILES string of the molecule is CC(=O)CCC(=O)C(N)CC(C)(C)S. The molecule has 0 bridgehead atoms. The van der Waals surface area contributed by atoms with Crippen molar-refractivity contribution in [2.24, 2.45) is 5.73 Å². The molecule has 0 aromatic carbocycles. The number of carbonyl (C=O) groups is 2. The predicted octanol–water partition coefficient (Wildman–Crippen LogP) is 1.35. The number of hydrogen-bond acceptors (Lipinski definition) is 4. The minimum absolute atomic E-state index is 0.0238. The van der Waals surface area contributed by atoms with E-state index in [1.54, 1.807) is 0 Å². The number of Topliss-reactive ketones (excluding diaryl/α,β-unsaturated/α-hetero) is 2. The van der Waals surface area contributed by atoms with Crippen LogP contribution in [-0.4, -0.2) is 22.4 Å². The molecule has 0 amide bonds. The van der Waals surface area contributed by atoms with Gasteiger partial charge in [0, 0.05) is 17.6 Å². The van der Waals surface area contributed by atoms with Crippen molar-refractivity contribution in [3.63, 3.8) is 0 Å². The third-order valence-corrected chi connectivity index (χ3v) is 2.04. The summed E-state index contributed by atoms with van der Waals surface area (Å²) in [6.45, 7) is 5.30. The Morgan fingerprint density at radius 1 is 1.36 bits per heavy atom. The van der Waals surface area contributed by atoms with E-state index in [1.165, 1.54) is 6.92 Å². The number of carbonyl (C=O) groups excluding carboxylic acids is 2. The molecule has 0 radical (unpaired) electrons. The Bertz CT molecular complexity index is 221. The normalized spacial score (nSPS) is 13.8. The third kappa shape index (κ3) is 7.09. The van der Waals surface area contributed by atoms with Gasteiger partial charge in [-0.15, -0.1) is 0 Å². The second-order valence-electron chi connectivity index (χ2n) is 4.29. The van der Waals surface area contributed by atoms with Crippen molar-refractivity contribution >= 4 is 24.2 Å². The summed E-state index contributed by atoms with van der Waals surface area (Å²) in [5.41, 5.74) is 5.68. The van der Waals surface area contributed by atoms with E-state index < -0.39 is 6.04 Å². The van der Waals surface area contributed by atoms with E-state index in [0.29, 0.717) is 12.8 Å². The maximum absolute atomic E-state index is 11.4. The van der Waals surface area contributed by atoms with Gasteiger partial charge in [-0.2, -0.15) is 12.6 Å². The molecular formula is C10H19NO2S. The zero-order valence-electron chi connectivity index (χ0n) is 9.04. The fraction of sp³-hybridized carbons (Fsp3) is 0.800. The first-order chi connectivity index (χ1) is 6.22. The quantitative estimate of drug-likeness (QED) is 0.660. The predicted molar refractivity (Wildman–Crippen MR) is 60.6 cm³/mol. The maximum atomic E-state index is 11.4. The molecule has 0 spiro atoms. The first-order valence-electron chi connectivity index (χ1n) is 4.72. The minimum atomic E-state index is -0.498. The molecule has 3 nitrogen and oxygen atoms in total. The van der Waals surface area contributed by atoms with Crippen LogP contribution in [0.25, 0.3) is 0 Å². The molecule has 0 aliphatic heterocycles. The summed E-state index contributed by atoms with van der Waals surface area (Å²) >= 11 is 4.30. The Balaban J connectivity index is 3.94. The Morgan fingerprint density at radius 2 is 1.86 bits per heavy atom. The number of ketones is 2. The van der Waals surface area contributed by atoms with E-state index in [-0.39, 0.29) is 22.7 Å². The lowest BCUT2D eigenvalue weighted by atomic mass is 9.97. The lowest BCUT2D eigenvalue weighted by Crippen LogP contribution is -2.36. The summed E-state index contributed by atoms with van der Waals surface area (Å²) in [5, 5.41) is 0. The van der Waals surface area contributed by atoms with Crippen LogP contribution in [0.5, 0.6) is 0 Å². The van der Waals surface area contributed by atoms with Crippen LogP contribution < -0.4 is 5.73 Å². The minimum Gasteiger partial charge on any atom is -0.321 e. The number of nitrogens with two attached hydrogens (primary N) is 1. The van der Waals surface area contributed by atoms with E-state index in [1.807, 2.05) is 13.8 Å². The fourth-order valence-electron chi connectivity index (χ4n) is 1.14. The van der Waals surface area contributed by atoms with Gasteiger partial charge in [-0.1, -0.05) is 13.8 Å². The smallest absolute Gasteiger partial charge is 0.150 e. The van der Waals surface area contributed by atoms with Crippen molar-refractivity contribution in [3.8, 4) is 0 Å². The molecule has 1 unspecified atom stereocenters. The largest absolute Gasteiger partial charge is 0.321 e. The lowest BCUT2D eigenvalue weighted by Gasteiger charge is -2.21. The monoisotopic (exact) mass is 217 g/mol. The highest BCUT2D eigenvalue weighted by molar-refractivity contribution is 7.81. The summed E-state index contributed by atoms with van der Waals surface area (Å²) in [7, 11) is 0. The summed E-state index contributed by atoms with van der Waals surface area (Å²) < 4.78 is -0.245. The van der Waals surface area contributed by atoms with E-state index >= 15 is 0 Å². The molecule has 2 N–H and O–H groups in total. The first kappa shape index (κ1) is 13.7. The molecular weight excluding hydrogens is 198 g/mol. The first-order valence-corrected chi connectivity index (χ1v) is 5.17. The molecule has 82 valence electrons. The topological polar surface area (TPSA) is 60.2 Å². The number of hydrogen-bond donors (Lipinski definition) is 2. The van der Waals surface area contributed by atoms with Crippen molar-refractivity contribution < 1.29 is 9.59 Å². The van der Waals surface area contributed by atoms with E-state index in [2.05, 4.69) is 12.6 Å². The average Bonchev–Trinajstić information content (AvgIpc) is 1.96. The molecule has 0 heterocycles. The van der Waals surface area contributed by atoms with Gasteiger partial charge in [-0.05, 0) is 13.3 Å². The van der Waals surface area contributed by atoms with Gasteiger partial charge in [-0.3, -0.25) is 4.79 Å². The van der Waals surface area contributed by atoms with Crippen molar-refractivity contribution in [1.82, 2.24) is 0 Å². The zero-order chi connectivity index (χ0) is 11.4. The number of thiol groups is 1. The van der Waals surface area contributed by atoms with Crippen molar-refractivity contribution in [2.75, 3.05) is 0 Å². The van der Waals surface area contributed by atoms with Gasteiger partial charge in [0.25, 0.3) is 0 Å². The highest BCUT2D eigenvalue weighted by Crippen LogP contribution is 2.19. The second-order valence-corrected chi connectivity index (χ2v) is 5.50. The van der Waals surface area contributed by atoms with Gasteiger partial charge in [-0.25, -0.2) is 0 Å². The molecule has 14 heavy (non-hydrogen) atoms. The summed E-state index contributed by atoms with van der Waals surface area (Å²) in [5.74, 6) is -0.0296. The average molecular weight is 217 g/mol. The Morgan fingerprint density at radius 3 is 2.21 bits per heavy atom. The molecule has 0 saturated carbocycles. The standard InChI is InChI=1S/C10H19NO2S/c1-7(12)4-5-9(13)8(11)6-10(2,3)14/h8,14H,4-6,11H2,1-3H3. The van der Waals surface area contributed by atoms with Crippen LogP contribution in [0.4, 0.5) is 0 Å². The fourth-order valence-corrected chi connectivity index (χ4v) is 1.33. The van der Waals surface area contributed by atoms with Gasteiger partial charge >= 0.3 is 0 Å². The molecule has 0 aliphatic carbocycles. The van der Waals surface area contributed by atoms with Crippen LogP contribution in [-0.2, 0) is 9.59 Å². The van der Waals surface area contributed by atoms with Crippen molar-refractivity contribution in [2.45, 2.75) is 50.8 Å². The lowest BCUT2D eigenvalue weighted by molar-refractivity contribution is -0.124. The molecule has 0 aromatic heterocycles. The second kappa shape index (κ2) is 5.51. The third-order valence-electron chi connectivity index (χ3n) is 1.86. The highest BCUT2D eigenvalue weighted by Gasteiger charge is 2.21. The van der Waals surface area contributed by atoms with Gasteiger partial charge < -0.3 is 10.5 Å². The molecule has 0 aliphatic rings. The van der Waals surface area contributed by atoms with E-state index in [9.17, 15) is 9.59 Å². The molecule has 0 aromatic rings. The van der Waals surface area contributed by atoms with Crippen LogP contribution in [0, 0.1) is 0 Å². The van der Waals surface area contributed by atoms with Crippen LogP contribution in [0.1, 0.15) is 40.0 Å². The highest BCUT2D eigenvalue weighted by atomic mass is 32.1. The van der Waals surface area contributed by atoms with Crippen LogP contribution >= 0.6 is 12.6 Å². The Labute approximate surface area is 90.8 Å². The van der Waals surface area contributed by atoms with E-state index in [4.69, 9.17) is 5.73 Å². The van der Waals surface area contributed by atoms with E-state index in [0.717, 1.165) is 0 Å². The Kier molecular flexibility index (Phi) is 5.37. The zero-order valence-corrected chi connectivity index (χ0v) is 9.93. The van der Waals surface area contributed by atoms with Crippen molar-refractivity contribution in [3.05, 3.63) is 0 Å². The summed E-state index contributed by atoms with van der Waals surface area (Å²) in [6, 6.07) is -0.498. The molecule has 0 rings (SSSR count). The summed E-state index contributed by atoms with van der Waals surface area (Å²) in [6.07, 6.45) is 1.08. The van der Waals surface area contributed by atoms with Gasteiger partial charge in [0.15, 0.2) is 0 Å². The molecule has 0 fully saturated rings. The summed E-state index contributed by atoms with van der Waals surface area (Å²) in [4.78, 5) is 22.1. The molecule has 0 saturated heterocycles. The van der Waals surface area contributed by atoms with Gasteiger partial charge in [0.05, 0.1) is 6.04 Å². The molecule has 1 atom stereocenters. The Hall–Kier alpha value is -0.350. The van der Waals surface area contributed by atoms with Gasteiger partial charge in [0.2, 0.25) is 0 Å².